The van der Waals surface area contributed by atoms with Gasteiger partial charge in [-0.25, -0.2) is 4.98 Å². The van der Waals surface area contributed by atoms with Crippen LogP contribution in [0.4, 0.5) is 0 Å². The zero-order chi connectivity index (χ0) is 9.26. The third-order valence-corrected chi connectivity index (χ3v) is 2.68. The molecule has 3 heteroatoms. The maximum absolute atomic E-state index is 4.42. The van der Waals surface area contributed by atoms with Crippen LogP contribution in [0.3, 0.4) is 0 Å². The Kier molecular flexibility index (Phi) is 2.10. The lowest BCUT2D eigenvalue weighted by molar-refractivity contribution is 1.19. The summed E-state index contributed by atoms with van der Waals surface area (Å²) >= 11 is 1.67. The minimum absolute atomic E-state index is 1.04. The molecule has 0 radical (unpaired) electrons. The van der Waals surface area contributed by atoms with E-state index < -0.39 is 0 Å². The number of aryl methyl sites for hydroxylation is 2. The van der Waals surface area contributed by atoms with Gasteiger partial charge in [-0.2, -0.15) is 0 Å². The van der Waals surface area contributed by atoms with E-state index in [1.807, 2.05) is 19.9 Å². The van der Waals surface area contributed by atoms with Crippen LogP contribution in [0.2, 0.25) is 0 Å². The zero-order valence-electron chi connectivity index (χ0n) is 7.61. The average Bonchev–Trinajstić information content (AvgIpc) is 2.53. The summed E-state index contributed by atoms with van der Waals surface area (Å²) in [6.45, 7) is 4.02. The van der Waals surface area contributed by atoms with Crippen molar-refractivity contribution in [3.05, 3.63) is 34.4 Å². The lowest BCUT2D eigenvalue weighted by Gasteiger charge is -1.99. The van der Waals surface area contributed by atoms with E-state index in [2.05, 4.69) is 21.4 Å². The highest BCUT2D eigenvalue weighted by Crippen LogP contribution is 2.22. The molecule has 0 saturated carbocycles. The molecule has 2 aromatic heterocycles. The Morgan fingerprint density at radius 3 is 2.77 bits per heavy atom. The van der Waals surface area contributed by atoms with E-state index in [4.69, 9.17) is 0 Å². The third kappa shape index (κ3) is 1.60. The molecule has 66 valence electrons. The van der Waals surface area contributed by atoms with Crippen molar-refractivity contribution in [3.63, 3.8) is 0 Å². The number of pyridine rings is 1. The number of rotatable bonds is 1. The molecule has 0 fully saturated rings. The number of thiazole rings is 1. The molecule has 2 heterocycles. The van der Waals surface area contributed by atoms with Gasteiger partial charge >= 0.3 is 0 Å². The zero-order valence-corrected chi connectivity index (χ0v) is 8.43. The topological polar surface area (TPSA) is 25.8 Å². The van der Waals surface area contributed by atoms with Gasteiger partial charge in [0.05, 0.1) is 10.7 Å². The highest BCUT2D eigenvalue weighted by atomic mass is 32.1. The molecule has 0 N–H and O–H groups in total. The van der Waals surface area contributed by atoms with Crippen molar-refractivity contribution in [2.45, 2.75) is 13.8 Å². The minimum atomic E-state index is 1.04. The number of hydrogen-bond donors (Lipinski definition) is 0. The summed E-state index contributed by atoms with van der Waals surface area (Å²) in [5.41, 5.74) is 3.20. The Morgan fingerprint density at radius 2 is 2.15 bits per heavy atom. The fraction of sp³-hybridized carbons (Fsp3) is 0.200. The summed E-state index contributed by atoms with van der Waals surface area (Å²) < 4.78 is 0. The normalized spacial score (nSPS) is 10.3. The van der Waals surface area contributed by atoms with Crippen molar-refractivity contribution in [1.82, 2.24) is 9.97 Å². The van der Waals surface area contributed by atoms with Crippen molar-refractivity contribution in [2.75, 3.05) is 0 Å². The lowest BCUT2D eigenvalue weighted by Crippen LogP contribution is -1.86. The maximum atomic E-state index is 4.42. The van der Waals surface area contributed by atoms with Gasteiger partial charge in [-0.05, 0) is 26.0 Å². The number of aromatic nitrogens is 2. The Balaban J connectivity index is 2.52. The predicted octanol–water partition coefficient (Wildman–Crippen LogP) is 2.82. The Morgan fingerprint density at radius 1 is 1.31 bits per heavy atom. The quantitative estimate of drug-likeness (QED) is 0.691. The van der Waals surface area contributed by atoms with E-state index in [0.29, 0.717) is 0 Å². The van der Waals surface area contributed by atoms with E-state index in [1.54, 1.807) is 17.5 Å². The van der Waals surface area contributed by atoms with Gasteiger partial charge in [0, 0.05) is 22.8 Å². The van der Waals surface area contributed by atoms with Gasteiger partial charge in [0.1, 0.15) is 0 Å². The Hall–Kier alpha value is -1.22. The van der Waals surface area contributed by atoms with E-state index in [1.165, 1.54) is 0 Å². The van der Waals surface area contributed by atoms with Crippen LogP contribution < -0.4 is 0 Å². The van der Waals surface area contributed by atoms with Gasteiger partial charge in [-0.3, -0.25) is 4.98 Å². The molecule has 0 aromatic carbocycles. The first kappa shape index (κ1) is 8.38. The highest BCUT2D eigenvalue weighted by molar-refractivity contribution is 7.09. The van der Waals surface area contributed by atoms with Crippen LogP contribution in [-0.2, 0) is 0 Å². The van der Waals surface area contributed by atoms with Gasteiger partial charge in [0.2, 0.25) is 0 Å². The van der Waals surface area contributed by atoms with Crippen molar-refractivity contribution >= 4 is 11.3 Å². The van der Waals surface area contributed by atoms with E-state index in [9.17, 15) is 0 Å². The molecule has 0 aliphatic rings. The number of nitrogens with zero attached hydrogens (tertiary/aromatic N) is 2. The molecule has 0 saturated heterocycles. The van der Waals surface area contributed by atoms with Gasteiger partial charge in [0.15, 0.2) is 0 Å². The summed E-state index contributed by atoms with van der Waals surface area (Å²) in [5, 5.41) is 3.16. The molecule has 2 nitrogen and oxygen atoms in total. The first-order valence-corrected chi connectivity index (χ1v) is 4.99. The van der Waals surface area contributed by atoms with E-state index in [-0.39, 0.29) is 0 Å². The van der Waals surface area contributed by atoms with Crippen LogP contribution in [0, 0.1) is 13.8 Å². The van der Waals surface area contributed by atoms with Crippen LogP contribution >= 0.6 is 11.3 Å². The molecule has 0 atom stereocenters. The molecule has 2 aromatic rings. The first-order chi connectivity index (χ1) is 6.27. The van der Waals surface area contributed by atoms with Crippen LogP contribution in [-0.4, -0.2) is 9.97 Å². The maximum Gasteiger partial charge on any atom is 0.0901 e. The highest BCUT2D eigenvalue weighted by Gasteiger charge is 2.04. The largest absolute Gasteiger partial charge is 0.261 e. The van der Waals surface area contributed by atoms with Gasteiger partial charge in [0.25, 0.3) is 0 Å². The van der Waals surface area contributed by atoms with Gasteiger partial charge in [-0.15, -0.1) is 11.3 Å². The molecule has 2 rings (SSSR count). The molecule has 0 aliphatic carbocycles. The molecule has 0 spiro atoms. The lowest BCUT2D eigenvalue weighted by atomic mass is 10.1. The third-order valence-electron chi connectivity index (χ3n) is 1.90. The van der Waals surface area contributed by atoms with Crippen molar-refractivity contribution in [1.29, 1.82) is 0 Å². The molecule has 0 bridgehead atoms. The summed E-state index contributed by atoms with van der Waals surface area (Å²) in [6, 6.07) is 3.99. The van der Waals surface area contributed by atoms with Crippen LogP contribution in [0.15, 0.2) is 23.7 Å². The average molecular weight is 190 g/mol. The standard InChI is InChI=1S/C10H10N2S/c1-7-9(4-3-5-11-7)10-6-13-8(2)12-10/h3-6H,1-2H3. The Bertz CT molecular complexity index is 420. The van der Waals surface area contributed by atoms with Gasteiger partial charge < -0.3 is 0 Å². The van der Waals surface area contributed by atoms with Crippen LogP contribution in [0.25, 0.3) is 11.3 Å². The van der Waals surface area contributed by atoms with Crippen molar-refractivity contribution in [2.24, 2.45) is 0 Å². The monoisotopic (exact) mass is 190 g/mol. The molecular formula is C10H10N2S. The molecule has 13 heavy (non-hydrogen) atoms. The van der Waals surface area contributed by atoms with Crippen molar-refractivity contribution in [3.8, 4) is 11.3 Å². The molecule has 0 unspecified atom stereocenters. The SMILES string of the molecule is Cc1nc(-c2cccnc2C)cs1. The summed E-state index contributed by atoms with van der Waals surface area (Å²) in [7, 11) is 0. The van der Waals surface area contributed by atoms with E-state index >= 15 is 0 Å². The predicted molar refractivity (Wildman–Crippen MR) is 54.8 cm³/mol. The van der Waals surface area contributed by atoms with Crippen LogP contribution in [0.5, 0.6) is 0 Å². The van der Waals surface area contributed by atoms with E-state index in [0.717, 1.165) is 22.0 Å². The van der Waals surface area contributed by atoms with Crippen molar-refractivity contribution < 1.29 is 0 Å². The number of hydrogen-bond acceptors (Lipinski definition) is 3. The fourth-order valence-corrected chi connectivity index (χ4v) is 1.86. The smallest absolute Gasteiger partial charge is 0.0901 e. The minimum Gasteiger partial charge on any atom is -0.261 e. The second kappa shape index (κ2) is 3.26. The fourth-order valence-electron chi connectivity index (χ4n) is 1.24. The molecule has 0 aliphatic heterocycles. The second-order valence-corrected chi connectivity index (χ2v) is 3.95. The Labute approximate surface area is 81.3 Å². The molecule has 0 amide bonds. The molecular weight excluding hydrogens is 180 g/mol. The van der Waals surface area contributed by atoms with Gasteiger partial charge in [-0.1, -0.05) is 0 Å². The first-order valence-electron chi connectivity index (χ1n) is 4.11. The summed E-state index contributed by atoms with van der Waals surface area (Å²) in [4.78, 5) is 8.65. The second-order valence-electron chi connectivity index (χ2n) is 2.89. The summed E-state index contributed by atoms with van der Waals surface area (Å²) in [6.07, 6.45) is 1.80. The van der Waals surface area contributed by atoms with Crippen LogP contribution in [0.1, 0.15) is 10.7 Å². The summed E-state index contributed by atoms with van der Waals surface area (Å²) in [5.74, 6) is 0.